The Morgan fingerprint density at radius 3 is 2.23 bits per heavy atom. The second-order valence-corrected chi connectivity index (χ2v) is 6.98. The number of ether oxygens (including phenoxy) is 1. The number of aromatic nitrogens is 2. The van der Waals surface area contributed by atoms with E-state index in [9.17, 15) is 32.4 Å². The van der Waals surface area contributed by atoms with Gasteiger partial charge in [0, 0.05) is 17.2 Å². The molecule has 0 aliphatic rings. The number of hydrogen-bond acceptors (Lipinski definition) is 4. The molecule has 2 aromatic carbocycles. The highest BCUT2D eigenvalue weighted by Gasteiger charge is 2.33. The van der Waals surface area contributed by atoms with Gasteiger partial charge < -0.3 is 9.72 Å². The predicted molar refractivity (Wildman–Crippen MR) is 103 cm³/mol. The summed E-state index contributed by atoms with van der Waals surface area (Å²) in [7, 11) is 0. The van der Waals surface area contributed by atoms with Gasteiger partial charge in [-0.15, -0.1) is 0 Å². The molecule has 0 aliphatic carbocycles. The number of halogens is 5. The van der Waals surface area contributed by atoms with Crippen LogP contribution in [-0.2, 0) is 6.18 Å². The molecule has 0 unspecified atom stereocenters. The van der Waals surface area contributed by atoms with E-state index >= 15 is 0 Å². The summed E-state index contributed by atoms with van der Waals surface area (Å²) in [4.78, 5) is 25.8. The lowest BCUT2D eigenvalue weighted by atomic mass is 10.1. The zero-order chi connectivity index (χ0) is 23.1. The highest BCUT2D eigenvalue weighted by Crippen LogP contribution is 2.34. The van der Waals surface area contributed by atoms with Crippen LogP contribution in [0.15, 0.2) is 39.9 Å². The molecule has 1 N–H and O–H groups in total. The third-order valence-electron chi connectivity index (χ3n) is 4.29. The van der Waals surface area contributed by atoms with Crippen LogP contribution in [0.1, 0.15) is 22.4 Å². The van der Waals surface area contributed by atoms with Crippen molar-refractivity contribution >= 4 is 11.6 Å². The van der Waals surface area contributed by atoms with E-state index in [4.69, 9.17) is 16.3 Å². The van der Waals surface area contributed by atoms with E-state index in [1.54, 1.807) is 32.0 Å². The van der Waals surface area contributed by atoms with Crippen molar-refractivity contribution in [2.24, 2.45) is 0 Å². The number of benzene rings is 2. The summed E-state index contributed by atoms with van der Waals surface area (Å²) >= 11 is 5.98. The third-order valence-corrected chi connectivity index (χ3v) is 4.50. The van der Waals surface area contributed by atoms with Crippen molar-refractivity contribution < 1.29 is 22.3 Å². The first kappa shape index (κ1) is 22.1. The molecule has 1 aromatic heterocycles. The van der Waals surface area contributed by atoms with Gasteiger partial charge in [0.1, 0.15) is 29.1 Å². The molecule has 0 saturated heterocycles. The molecule has 0 fully saturated rings. The Kier molecular flexibility index (Phi) is 5.65. The standard InChI is InChI=1S/C20H12ClF4N3O3/c1-9-3-12(21)4-10(2)18(9)31-15-6-14(13(22)5-11(15)8-26)28-17(29)7-16(20(23,24)25)27-19(28)30/h3-7H,1-2H3,(H,27,30). The molecular weight excluding hydrogens is 442 g/mol. The maximum absolute atomic E-state index is 14.6. The van der Waals surface area contributed by atoms with Gasteiger partial charge in [0.05, 0.1) is 11.3 Å². The smallest absolute Gasteiger partial charge is 0.431 e. The monoisotopic (exact) mass is 453 g/mol. The molecule has 0 radical (unpaired) electrons. The minimum Gasteiger partial charge on any atom is -0.455 e. The van der Waals surface area contributed by atoms with Gasteiger partial charge in [0.2, 0.25) is 0 Å². The Morgan fingerprint density at radius 2 is 1.71 bits per heavy atom. The Labute approximate surface area is 176 Å². The van der Waals surface area contributed by atoms with Gasteiger partial charge in [-0.3, -0.25) is 4.79 Å². The molecule has 3 rings (SSSR count). The number of aromatic amines is 1. The van der Waals surface area contributed by atoms with E-state index in [1.807, 2.05) is 0 Å². The molecule has 0 saturated carbocycles. The molecule has 31 heavy (non-hydrogen) atoms. The molecule has 0 amide bonds. The van der Waals surface area contributed by atoms with Crippen LogP contribution >= 0.6 is 11.6 Å². The molecular formula is C20H12ClF4N3O3. The zero-order valence-electron chi connectivity index (χ0n) is 15.9. The van der Waals surface area contributed by atoms with Gasteiger partial charge in [-0.05, 0) is 43.2 Å². The van der Waals surface area contributed by atoms with E-state index < -0.39 is 34.6 Å². The average Bonchev–Trinajstić information content (AvgIpc) is 2.64. The van der Waals surface area contributed by atoms with E-state index in [0.717, 1.165) is 12.1 Å². The zero-order valence-corrected chi connectivity index (χ0v) is 16.7. The lowest BCUT2D eigenvalue weighted by Gasteiger charge is -2.15. The number of nitrogens with one attached hydrogen (secondary N) is 1. The summed E-state index contributed by atoms with van der Waals surface area (Å²) in [6.07, 6.45) is -4.97. The maximum atomic E-state index is 14.6. The first-order valence-electron chi connectivity index (χ1n) is 8.54. The van der Waals surface area contributed by atoms with Crippen molar-refractivity contribution in [1.29, 1.82) is 5.26 Å². The van der Waals surface area contributed by atoms with Crippen molar-refractivity contribution in [3.05, 3.63) is 84.4 Å². The van der Waals surface area contributed by atoms with Crippen molar-refractivity contribution in [3.63, 3.8) is 0 Å². The number of alkyl halides is 3. The molecule has 1 heterocycles. The molecule has 11 heteroatoms. The van der Waals surface area contributed by atoms with Gasteiger partial charge in [-0.1, -0.05) is 11.6 Å². The van der Waals surface area contributed by atoms with Crippen LogP contribution in [0.2, 0.25) is 5.02 Å². The molecule has 3 aromatic rings. The molecule has 0 bridgehead atoms. The second-order valence-electron chi connectivity index (χ2n) is 6.54. The summed E-state index contributed by atoms with van der Waals surface area (Å²) in [6.45, 7) is 3.35. The van der Waals surface area contributed by atoms with Crippen LogP contribution < -0.4 is 16.0 Å². The summed E-state index contributed by atoms with van der Waals surface area (Å²) in [5, 5.41) is 9.76. The Balaban J connectivity index is 2.21. The van der Waals surface area contributed by atoms with E-state index in [0.29, 0.717) is 21.9 Å². The number of H-pyrrole nitrogens is 1. The van der Waals surface area contributed by atoms with Crippen LogP contribution in [0.4, 0.5) is 17.6 Å². The van der Waals surface area contributed by atoms with Gasteiger partial charge in [-0.25, -0.2) is 13.8 Å². The lowest BCUT2D eigenvalue weighted by molar-refractivity contribution is -0.141. The first-order chi connectivity index (χ1) is 14.4. The van der Waals surface area contributed by atoms with Crippen molar-refractivity contribution in [2.45, 2.75) is 20.0 Å². The number of aryl methyl sites for hydroxylation is 2. The third kappa shape index (κ3) is 4.32. The Hall–Kier alpha value is -3.58. The van der Waals surface area contributed by atoms with Gasteiger partial charge >= 0.3 is 11.9 Å². The molecule has 0 spiro atoms. The number of hydrogen-bond donors (Lipinski definition) is 1. The Morgan fingerprint density at radius 1 is 1.10 bits per heavy atom. The topological polar surface area (TPSA) is 87.9 Å². The van der Waals surface area contributed by atoms with Crippen molar-refractivity contribution in [1.82, 2.24) is 9.55 Å². The van der Waals surface area contributed by atoms with E-state index in [1.165, 1.54) is 4.98 Å². The highest BCUT2D eigenvalue weighted by atomic mass is 35.5. The average molecular weight is 454 g/mol. The van der Waals surface area contributed by atoms with Crippen LogP contribution in [0.25, 0.3) is 5.69 Å². The fourth-order valence-electron chi connectivity index (χ4n) is 2.93. The normalized spacial score (nSPS) is 11.3. The van der Waals surface area contributed by atoms with E-state index in [-0.39, 0.29) is 21.9 Å². The summed E-state index contributed by atoms with van der Waals surface area (Å²) < 4.78 is 58.9. The van der Waals surface area contributed by atoms with Gasteiger partial charge in [0.25, 0.3) is 5.56 Å². The quantitative estimate of drug-likeness (QED) is 0.586. The minimum absolute atomic E-state index is 0.132. The molecule has 6 nitrogen and oxygen atoms in total. The predicted octanol–water partition coefficient (Wildman–Crippen LogP) is 4.62. The van der Waals surface area contributed by atoms with Crippen LogP contribution in [0.3, 0.4) is 0 Å². The SMILES string of the molecule is Cc1cc(Cl)cc(C)c1Oc1cc(-n2c(=O)cc(C(F)(F)F)[nH]c2=O)c(F)cc1C#N. The minimum atomic E-state index is -4.97. The van der Waals surface area contributed by atoms with Gasteiger partial charge in [-0.2, -0.15) is 18.4 Å². The second kappa shape index (κ2) is 7.92. The lowest BCUT2D eigenvalue weighted by Crippen LogP contribution is -2.36. The van der Waals surface area contributed by atoms with Gasteiger partial charge in [0.15, 0.2) is 0 Å². The van der Waals surface area contributed by atoms with Crippen molar-refractivity contribution in [2.75, 3.05) is 0 Å². The summed E-state index contributed by atoms with van der Waals surface area (Å²) in [5.74, 6) is -1.09. The van der Waals surface area contributed by atoms with Crippen LogP contribution in [0.5, 0.6) is 11.5 Å². The highest BCUT2D eigenvalue weighted by molar-refractivity contribution is 6.30. The largest absolute Gasteiger partial charge is 0.455 e. The fraction of sp³-hybridized carbons (Fsp3) is 0.150. The number of rotatable bonds is 3. The number of nitrogens with zero attached hydrogens (tertiary/aromatic N) is 2. The van der Waals surface area contributed by atoms with E-state index in [2.05, 4.69) is 0 Å². The summed E-state index contributed by atoms with van der Waals surface area (Å²) in [5.41, 5.74) is -4.26. The van der Waals surface area contributed by atoms with Crippen LogP contribution in [-0.4, -0.2) is 9.55 Å². The van der Waals surface area contributed by atoms with Crippen LogP contribution in [0, 0.1) is 31.0 Å². The Bertz CT molecular complexity index is 1300. The molecule has 160 valence electrons. The maximum Gasteiger partial charge on any atom is 0.431 e. The first-order valence-corrected chi connectivity index (χ1v) is 8.92. The van der Waals surface area contributed by atoms with Crippen molar-refractivity contribution in [3.8, 4) is 23.3 Å². The summed E-state index contributed by atoms with van der Waals surface area (Å²) in [6, 6.07) is 6.65. The number of nitriles is 1. The molecule has 0 aliphatic heterocycles. The fourth-order valence-corrected chi connectivity index (χ4v) is 3.26. The molecule has 0 atom stereocenters.